The quantitative estimate of drug-likeness (QED) is 0.334. The van der Waals surface area contributed by atoms with Gasteiger partial charge in [-0.1, -0.05) is 35.5 Å². The van der Waals surface area contributed by atoms with Gasteiger partial charge in [-0.25, -0.2) is 9.07 Å². The molecule has 6 rings (SSSR count). The molecule has 0 radical (unpaired) electrons. The average Bonchev–Trinajstić information content (AvgIpc) is 3.61. The zero-order valence-corrected chi connectivity index (χ0v) is 21.6. The number of benzene rings is 3. The largest absolute Gasteiger partial charge is 0.364 e. The fourth-order valence-corrected chi connectivity index (χ4v) is 5.33. The molecule has 1 aliphatic heterocycles. The smallest absolute Gasteiger partial charge is 0.256 e. The normalized spacial score (nSPS) is 18.6. The van der Waals surface area contributed by atoms with Crippen LogP contribution in [0.25, 0.3) is 16.6 Å². The molecule has 3 heterocycles. The van der Waals surface area contributed by atoms with Crippen molar-refractivity contribution in [3.8, 4) is 5.69 Å². The molecule has 2 atom stereocenters. The summed E-state index contributed by atoms with van der Waals surface area (Å²) in [6.45, 7) is 5.40. The molecule has 1 fully saturated rings. The van der Waals surface area contributed by atoms with E-state index in [9.17, 15) is 14.0 Å². The van der Waals surface area contributed by atoms with Crippen molar-refractivity contribution in [2.24, 2.45) is 5.41 Å². The van der Waals surface area contributed by atoms with Gasteiger partial charge in [0.25, 0.3) is 5.91 Å². The van der Waals surface area contributed by atoms with Gasteiger partial charge in [-0.05, 0) is 68.8 Å². The molecular formula is C30H26FN5O3. The van der Waals surface area contributed by atoms with Gasteiger partial charge in [0.15, 0.2) is 0 Å². The van der Waals surface area contributed by atoms with Gasteiger partial charge in [-0.15, -0.1) is 0 Å². The Morgan fingerprint density at radius 2 is 1.74 bits per heavy atom. The summed E-state index contributed by atoms with van der Waals surface area (Å²) in [5.41, 5.74) is 3.02. The maximum Gasteiger partial charge on any atom is 0.256 e. The summed E-state index contributed by atoms with van der Waals surface area (Å²) < 4.78 is 20.2. The predicted molar refractivity (Wildman–Crippen MR) is 144 cm³/mol. The SMILES string of the molecule is Cc1nocc1C(=O)N[C@H]1[C@H](c2ccccc2)N(c2ccc3c(cnn3-c3ccc(F)cc3)c2)C(=O)C1(C)C. The van der Waals surface area contributed by atoms with Crippen molar-refractivity contribution in [1.29, 1.82) is 0 Å². The summed E-state index contributed by atoms with van der Waals surface area (Å²) in [5, 5.41) is 12.2. The number of rotatable bonds is 5. The summed E-state index contributed by atoms with van der Waals surface area (Å²) in [6, 6.07) is 20.5. The maximum absolute atomic E-state index is 14.0. The Morgan fingerprint density at radius 1 is 1.03 bits per heavy atom. The van der Waals surface area contributed by atoms with Gasteiger partial charge in [-0.2, -0.15) is 5.10 Å². The monoisotopic (exact) mass is 523 g/mol. The lowest BCUT2D eigenvalue weighted by Gasteiger charge is -2.30. The zero-order chi connectivity index (χ0) is 27.3. The number of halogens is 1. The third-order valence-electron chi connectivity index (χ3n) is 7.46. The second-order valence-corrected chi connectivity index (χ2v) is 10.3. The van der Waals surface area contributed by atoms with Crippen LogP contribution in [-0.4, -0.2) is 32.8 Å². The maximum atomic E-state index is 14.0. The third-order valence-corrected chi connectivity index (χ3v) is 7.46. The second kappa shape index (κ2) is 9.20. The minimum absolute atomic E-state index is 0.117. The number of amides is 2. The van der Waals surface area contributed by atoms with Crippen LogP contribution in [0.4, 0.5) is 10.1 Å². The van der Waals surface area contributed by atoms with Gasteiger partial charge in [0.05, 0.1) is 40.6 Å². The molecule has 9 heteroatoms. The number of nitrogens with one attached hydrogen (secondary N) is 1. The molecule has 2 amide bonds. The first kappa shape index (κ1) is 24.5. The van der Waals surface area contributed by atoms with E-state index in [4.69, 9.17) is 4.52 Å². The summed E-state index contributed by atoms with van der Waals surface area (Å²) in [6.07, 6.45) is 3.04. The summed E-state index contributed by atoms with van der Waals surface area (Å²) in [5.74, 6) is -0.784. The number of aryl methyl sites for hydroxylation is 1. The molecule has 1 N–H and O–H groups in total. The summed E-state index contributed by atoms with van der Waals surface area (Å²) in [7, 11) is 0. The number of carbonyl (C=O) groups excluding carboxylic acids is 2. The number of fused-ring (bicyclic) bond motifs is 1. The van der Waals surface area contributed by atoms with Crippen LogP contribution in [0.5, 0.6) is 0 Å². The van der Waals surface area contributed by atoms with E-state index < -0.39 is 17.5 Å². The Balaban J connectivity index is 1.43. The number of anilines is 1. The van der Waals surface area contributed by atoms with Crippen LogP contribution >= 0.6 is 0 Å². The van der Waals surface area contributed by atoms with E-state index in [1.807, 2.05) is 62.4 Å². The minimum Gasteiger partial charge on any atom is -0.364 e. The van der Waals surface area contributed by atoms with Crippen LogP contribution in [0, 0.1) is 18.2 Å². The van der Waals surface area contributed by atoms with Gasteiger partial charge < -0.3 is 14.7 Å². The Morgan fingerprint density at radius 3 is 2.44 bits per heavy atom. The third kappa shape index (κ3) is 4.06. The van der Waals surface area contributed by atoms with Crippen LogP contribution in [-0.2, 0) is 4.79 Å². The lowest BCUT2D eigenvalue weighted by Crippen LogP contribution is -2.46. The van der Waals surface area contributed by atoms with Gasteiger partial charge in [0.1, 0.15) is 17.6 Å². The Labute approximate surface area is 224 Å². The van der Waals surface area contributed by atoms with Crippen molar-refractivity contribution in [3.05, 3.63) is 108 Å². The van der Waals surface area contributed by atoms with E-state index in [-0.39, 0.29) is 17.6 Å². The molecule has 39 heavy (non-hydrogen) atoms. The number of aromatic nitrogens is 3. The van der Waals surface area contributed by atoms with E-state index in [0.717, 1.165) is 22.2 Å². The van der Waals surface area contributed by atoms with E-state index in [1.165, 1.54) is 18.4 Å². The van der Waals surface area contributed by atoms with Crippen molar-refractivity contribution in [2.45, 2.75) is 32.9 Å². The fraction of sp³-hybridized carbons (Fsp3) is 0.200. The molecule has 3 aromatic carbocycles. The number of carbonyl (C=O) groups is 2. The minimum atomic E-state index is -0.922. The molecule has 0 unspecified atom stereocenters. The number of hydrogen-bond donors (Lipinski definition) is 1. The van der Waals surface area contributed by atoms with Gasteiger partial charge in [-0.3, -0.25) is 9.59 Å². The van der Waals surface area contributed by atoms with E-state index in [2.05, 4.69) is 15.6 Å². The fourth-order valence-electron chi connectivity index (χ4n) is 5.33. The summed E-state index contributed by atoms with van der Waals surface area (Å²) >= 11 is 0. The van der Waals surface area contributed by atoms with Gasteiger partial charge >= 0.3 is 0 Å². The van der Waals surface area contributed by atoms with Crippen LogP contribution in [0.3, 0.4) is 0 Å². The van der Waals surface area contributed by atoms with Crippen LogP contribution in [0.2, 0.25) is 0 Å². The second-order valence-electron chi connectivity index (χ2n) is 10.3. The van der Waals surface area contributed by atoms with Crippen molar-refractivity contribution in [3.63, 3.8) is 0 Å². The lowest BCUT2D eigenvalue weighted by atomic mass is 9.82. The average molecular weight is 524 g/mol. The van der Waals surface area contributed by atoms with Crippen molar-refractivity contribution in [2.75, 3.05) is 4.90 Å². The van der Waals surface area contributed by atoms with Crippen molar-refractivity contribution in [1.82, 2.24) is 20.3 Å². The van der Waals surface area contributed by atoms with Gasteiger partial charge in [0, 0.05) is 11.1 Å². The molecule has 2 aromatic heterocycles. The van der Waals surface area contributed by atoms with E-state index in [0.29, 0.717) is 16.9 Å². The Bertz CT molecular complexity index is 1690. The highest BCUT2D eigenvalue weighted by Crippen LogP contribution is 2.47. The molecule has 0 saturated carbocycles. The lowest BCUT2D eigenvalue weighted by molar-refractivity contribution is -0.124. The molecule has 5 aromatic rings. The molecule has 8 nitrogen and oxygen atoms in total. The molecule has 0 bridgehead atoms. The first-order valence-electron chi connectivity index (χ1n) is 12.6. The van der Waals surface area contributed by atoms with Gasteiger partial charge in [0.2, 0.25) is 5.91 Å². The highest BCUT2D eigenvalue weighted by molar-refractivity contribution is 6.04. The van der Waals surface area contributed by atoms with Crippen molar-refractivity contribution < 1.29 is 18.5 Å². The van der Waals surface area contributed by atoms with Crippen LogP contribution < -0.4 is 10.2 Å². The molecule has 0 aliphatic carbocycles. The Kier molecular flexibility index (Phi) is 5.79. The van der Waals surface area contributed by atoms with Crippen LogP contribution in [0.1, 0.15) is 41.5 Å². The number of hydrogen-bond acceptors (Lipinski definition) is 5. The predicted octanol–water partition coefficient (Wildman–Crippen LogP) is 5.37. The highest BCUT2D eigenvalue weighted by atomic mass is 19.1. The molecular weight excluding hydrogens is 497 g/mol. The first-order chi connectivity index (χ1) is 18.8. The molecule has 196 valence electrons. The molecule has 1 aliphatic rings. The van der Waals surface area contributed by atoms with Crippen molar-refractivity contribution >= 4 is 28.4 Å². The van der Waals surface area contributed by atoms with E-state index >= 15 is 0 Å². The zero-order valence-electron chi connectivity index (χ0n) is 21.6. The topological polar surface area (TPSA) is 93.3 Å². The highest BCUT2D eigenvalue weighted by Gasteiger charge is 2.55. The Hall–Kier alpha value is -4.79. The first-order valence-corrected chi connectivity index (χ1v) is 12.6. The molecule has 0 spiro atoms. The standard InChI is InChI=1S/C30H26FN5O3/c1-18-24(17-39-34-18)28(37)33-27-26(19-7-5-4-6-8-19)35(29(38)30(27,2)3)23-13-14-25-20(15-23)16-32-36(25)22-11-9-21(31)10-12-22/h4-17,26-27H,1-3H3,(H,33,37)/t26-,27-/m0/s1. The molecule has 1 saturated heterocycles. The number of nitrogens with zero attached hydrogens (tertiary/aromatic N) is 4. The summed E-state index contributed by atoms with van der Waals surface area (Å²) in [4.78, 5) is 29.1. The van der Waals surface area contributed by atoms with Crippen LogP contribution in [0.15, 0.2) is 89.8 Å². The van der Waals surface area contributed by atoms with E-state index in [1.54, 1.807) is 34.8 Å².